The van der Waals surface area contributed by atoms with Gasteiger partial charge in [-0.05, 0) is 18.3 Å². The Hall–Kier alpha value is 0.250. The number of piperidine rings is 1. The Morgan fingerprint density at radius 2 is 1.36 bits per heavy atom. The molecular weight excluding hydrogens is 158 g/mol. The molecule has 0 radical (unpaired) electrons. The molecule has 0 amide bonds. The summed E-state index contributed by atoms with van der Waals surface area (Å²) < 4.78 is 0. The monoisotopic (exact) mass is 175 g/mol. The minimum atomic E-state index is 0. The fourth-order valence-corrected chi connectivity index (χ4v) is 2.71. The average Bonchev–Trinajstić information content (AvgIpc) is 2.39. The molecule has 2 aliphatic rings. The Morgan fingerprint density at radius 1 is 0.818 bits per heavy atom. The van der Waals surface area contributed by atoms with Crippen molar-refractivity contribution < 1.29 is 17.7 Å². The molecule has 11 heavy (non-hydrogen) atoms. The molecule has 1 aliphatic carbocycles. The zero-order chi connectivity index (χ0) is 6.86. The number of hydrogen-bond donors (Lipinski definition) is 1. The van der Waals surface area contributed by atoms with E-state index in [-0.39, 0.29) is 12.4 Å². The van der Waals surface area contributed by atoms with Gasteiger partial charge in [0.05, 0.1) is 13.1 Å². The minimum Gasteiger partial charge on any atom is -1.00 e. The number of nitrogens with two attached hydrogens (primary N) is 1. The summed E-state index contributed by atoms with van der Waals surface area (Å²) in [5.74, 6) is 0. The third-order valence-electron chi connectivity index (χ3n) is 3.42. The second kappa shape index (κ2) is 3.77. The highest BCUT2D eigenvalue weighted by atomic mass is 35.5. The van der Waals surface area contributed by atoms with Gasteiger partial charge >= 0.3 is 0 Å². The van der Waals surface area contributed by atoms with Crippen molar-refractivity contribution in [3.05, 3.63) is 0 Å². The van der Waals surface area contributed by atoms with Gasteiger partial charge in [-0.3, -0.25) is 0 Å². The lowest BCUT2D eigenvalue weighted by atomic mass is 9.78. The van der Waals surface area contributed by atoms with E-state index in [0.29, 0.717) is 0 Å². The third-order valence-corrected chi connectivity index (χ3v) is 3.42. The fraction of sp³-hybridized carbons (Fsp3) is 1.00. The van der Waals surface area contributed by atoms with Crippen molar-refractivity contribution in [1.29, 1.82) is 0 Å². The lowest BCUT2D eigenvalue weighted by Gasteiger charge is -2.31. The van der Waals surface area contributed by atoms with Crippen LogP contribution in [0.4, 0.5) is 0 Å². The molecule has 66 valence electrons. The van der Waals surface area contributed by atoms with Crippen LogP contribution in [-0.4, -0.2) is 13.1 Å². The van der Waals surface area contributed by atoms with E-state index >= 15 is 0 Å². The van der Waals surface area contributed by atoms with Crippen LogP contribution >= 0.6 is 0 Å². The largest absolute Gasteiger partial charge is 1.00 e. The lowest BCUT2D eigenvalue weighted by Crippen LogP contribution is -3.00. The van der Waals surface area contributed by atoms with Crippen molar-refractivity contribution in [1.82, 2.24) is 0 Å². The molecule has 1 aliphatic heterocycles. The van der Waals surface area contributed by atoms with Crippen molar-refractivity contribution in [2.75, 3.05) is 13.1 Å². The second-order valence-electron chi connectivity index (χ2n) is 4.07. The Bertz CT molecular complexity index is 111. The van der Waals surface area contributed by atoms with Gasteiger partial charge in [0.25, 0.3) is 0 Å². The first-order valence-electron chi connectivity index (χ1n) is 4.73. The summed E-state index contributed by atoms with van der Waals surface area (Å²) in [5.41, 5.74) is 0.842. The maximum atomic E-state index is 2.48. The summed E-state index contributed by atoms with van der Waals surface area (Å²) in [5, 5.41) is 2.48. The van der Waals surface area contributed by atoms with Crippen molar-refractivity contribution in [2.24, 2.45) is 5.41 Å². The van der Waals surface area contributed by atoms with E-state index < -0.39 is 0 Å². The highest BCUT2D eigenvalue weighted by Gasteiger charge is 2.35. The number of hydrogen-bond acceptors (Lipinski definition) is 0. The third kappa shape index (κ3) is 1.88. The van der Waals surface area contributed by atoms with E-state index in [0.717, 1.165) is 5.41 Å². The summed E-state index contributed by atoms with van der Waals surface area (Å²) in [6.07, 6.45) is 9.13. The summed E-state index contributed by atoms with van der Waals surface area (Å²) in [4.78, 5) is 0. The van der Waals surface area contributed by atoms with Crippen LogP contribution in [0.15, 0.2) is 0 Å². The highest BCUT2D eigenvalue weighted by molar-refractivity contribution is 4.85. The first-order valence-corrected chi connectivity index (χ1v) is 4.73. The van der Waals surface area contributed by atoms with Gasteiger partial charge in [-0.15, -0.1) is 0 Å². The molecule has 0 aromatic rings. The first kappa shape index (κ1) is 9.34. The smallest absolute Gasteiger partial charge is 0.0760 e. The van der Waals surface area contributed by atoms with Crippen LogP contribution in [0.25, 0.3) is 0 Å². The Balaban J connectivity index is 0.000000605. The molecule has 0 aromatic carbocycles. The molecule has 1 nitrogen and oxygen atoms in total. The zero-order valence-corrected chi connectivity index (χ0v) is 7.87. The van der Waals surface area contributed by atoms with Crippen LogP contribution in [0.1, 0.15) is 38.5 Å². The maximum absolute atomic E-state index is 2.48. The van der Waals surface area contributed by atoms with Gasteiger partial charge in [0.15, 0.2) is 0 Å². The van der Waals surface area contributed by atoms with E-state index in [4.69, 9.17) is 0 Å². The van der Waals surface area contributed by atoms with Crippen LogP contribution < -0.4 is 17.7 Å². The highest BCUT2D eigenvalue weighted by Crippen LogP contribution is 2.43. The molecule has 1 spiro atoms. The normalized spacial score (nSPS) is 28.4. The summed E-state index contributed by atoms with van der Waals surface area (Å²) in [7, 11) is 0. The summed E-state index contributed by atoms with van der Waals surface area (Å²) in [6, 6.07) is 0. The van der Waals surface area contributed by atoms with Gasteiger partial charge in [-0.2, -0.15) is 0 Å². The van der Waals surface area contributed by atoms with Crippen molar-refractivity contribution in [2.45, 2.75) is 38.5 Å². The van der Waals surface area contributed by atoms with E-state index in [1.165, 1.54) is 38.8 Å². The Labute approximate surface area is 75.4 Å². The van der Waals surface area contributed by atoms with Gasteiger partial charge < -0.3 is 17.7 Å². The summed E-state index contributed by atoms with van der Waals surface area (Å²) >= 11 is 0. The standard InChI is InChI=1S/C9H17N.ClH/c1-2-4-9(3-1)5-7-10-8-6-9;/h10H,1-8H2;1H. The molecular formula is C9H18ClN. The van der Waals surface area contributed by atoms with Gasteiger partial charge in [-0.1, -0.05) is 12.8 Å². The molecule has 2 rings (SSSR count). The predicted molar refractivity (Wildman–Crippen MR) is 41.8 cm³/mol. The molecule has 0 unspecified atom stereocenters. The molecule has 2 heteroatoms. The van der Waals surface area contributed by atoms with Crippen LogP contribution in [0.2, 0.25) is 0 Å². The van der Waals surface area contributed by atoms with Gasteiger partial charge in [0.2, 0.25) is 0 Å². The topological polar surface area (TPSA) is 16.6 Å². The minimum absolute atomic E-state index is 0. The number of halogens is 1. The lowest BCUT2D eigenvalue weighted by molar-refractivity contribution is -0.667. The SMILES string of the molecule is C1CCC2(C1)CC[NH2+]CC2.[Cl-]. The molecule has 1 saturated carbocycles. The van der Waals surface area contributed by atoms with Crippen LogP contribution in [-0.2, 0) is 0 Å². The van der Waals surface area contributed by atoms with Crippen molar-refractivity contribution >= 4 is 0 Å². The van der Waals surface area contributed by atoms with Gasteiger partial charge in [-0.25, -0.2) is 0 Å². The summed E-state index contributed by atoms with van der Waals surface area (Å²) in [6.45, 7) is 2.81. The molecule has 2 N–H and O–H groups in total. The number of quaternary nitrogens is 1. The molecule has 0 aromatic heterocycles. The Kier molecular flexibility index (Phi) is 3.20. The number of rotatable bonds is 0. The fourth-order valence-electron chi connectivity index (χ4n) is 2.71. The van der Waals surface area contributed by atoms with E-state index in [2.05, 4.69) is 5.32 Å². The van der Waals surface area contributed by atoms with Crippen LogP contribution in [0.5, 0.6) is 0 Å². The van der Waals surface area contributed by atoms with Crippen LogP contribution in [0, 0.1) is 5.41 Å². The maximum Gasteiger partial charge on any atom is 0.0760 e. The average molecular weight is 176 g/mol. The molecule has 0 atom stereocenters. The van der Waals surface area contributed by atoms with Crippen molar-refractivity contribution in [3.8, 4) is 0 Å². The molecule has 1 saturated heterocycles. The zero-order valence-electron chi connectivity index (χ0n) is 7.11. The predicted octanol–water partition coefficient (Wildman–Crippen LogP) is -2.09. The first-order chi connectivity index (χ1) is 4.91. The van der Waals surface area contributed by atoms with Gasteiger partial charge in [0.1, 0.15) is 0 Å². The Morgan fingerprint density at radius 3 is 1.91 bits per heavy atom. The van der Waals surface area contributed by atoms with Crippen molar-refractivity contribution in [3.63, 3.8) is 0 Å². The molecule has 1 heterocycles. The van der Waals surface area contributed by atoms with Gasteiger partial charge in [0, 0.05) is 12.8 Å². The quantitative estimate of drug-likeness (QED) is 0.435. The van der Waals surface area contributed by atoms with Crippen LogP contribution in [0.3, 0.4) is 0 Å². The van der Waals surface area contributed by atoms with E-state index in [9.17, 15) is 0 Å². The molecule has 0 bridgehead atoms. The van der Waals surface area contributed by atoms with E-state index in [1.54, 1.807) is 12.8 Å². The molecule has 2 fully saturated rings. The van der Waals surface area contributed by atoms with E-state index in [1.807, 2.05) is 0 Å². The second-order valence-corrected chi connectivity index (χ2v) is 4.07.